The summed E-state index contributed by atoms with van der Waals surface area (Å²) < 4.78 is 11.5. The van der Waals surface area contributed by atoms with E-state index in [9.17, 15) is 0 Å². The summed E-state index contributed by atoms with van der Waals surface area (Å²) in [5, 5.41) is 0. The zero-order valence-corrected chi connectivity index (χ0v) is 12.7. The molecule has 0 aliphatic rings. The lowest BCUT2D eigenvalue weighted by Crippen LogP contribution is -1.96. The maximum Gasteiger partial charge on any atom is 0.144 e. The van der Waals surface area contributed by atoms with Crippen molar-refractivity contribution in [2.24, 2.45) is 0 Å². The van der Waals surface area contributed by atoms with Gasteiger partial charge in [-0.1, -0.05) is 12.1 Å². The maximum absolute atomic E-state index is 6.10. The Labute approximate surface area is 121 Å². The summed E-state index contributed by atoms with van der Waals surface area (Å²) in [6, 6.07) is 9.82. The number of rotatable bonds is 3. The minimum Gasteiger partial charge on any atom is -0.495 e. The second kappa shape index (κ2) is 5.53. The van der Waals surface area contributed by atoms with Crippen molar-refractivity contribution >= 4 is 21.6 Å². The normalized spacial score (nSPS) is 10.3. The maximum atomic E-state index is 6.10. The molecular formula is C15H16BrNO2. The number of hydrogen-bond acceptors (Lipinski definition) is 3. The van der Waals surface area contributed by atoms with E-state index in [1.807, 2.05) is 37.3 Å². The fourth-order valence-corrected chi connectivity index (χ4v) is 2.70. The molecule has 0 bridgehead atoms. The summed E-state index contributed by atoms with van der Waals surface area (Å²) in [5.41, 5.74) is 9.85. The molecule has 19 heavy (non-hydrogen) atoms. The lowest BCUT2D eigenvalue weighted by Gasteiger charge is -2.15. The third-order valence-electron chi connectivity index (χ3n) is 2.98. The van der Waals surface area contributed by atoms with Gasteiger partial charge >= 0.3 is 0 Å². The fraction of sp³-hybridized carbons (Fsp3) is 0.200. The van der Waals surface area contributed by atoms with Crippen LogP contribution in [0.2, 0.25) is 0 Å². The first-order chi connectivity index (χ1) is 9.08. The SMILES string of the molecule is COc1ccc(-c2ccc(C)cc2N)c(OC)c1Br. The van der Waals surface area contributed by atoms with Gasteiger partial charge in [-0.3, -0.25) is 0 Å². The van der Waals surface area contributed by atoms with Crippen molar-refractivity contribution in [3.05, 3.63) is 40.4 Å². The number of anilines is 1. The second-order valence-electron chi connectivity index (χ2n) is 4.25. The Morgan fingerprint density at radius 2 is 1.68 bits per heavy atom. The molecule has 0 fully saturated rings. The first kappa shape index (κ1) is 13.7. The van der Waals surface area contributed by atoms with Crippen molar-refractivity contribution in [3.8, 4) is 22.6 Å². The van der Waals surface area contributed by atoms with Crippen molar-refractivity contribution in [2.75, 3.05) is 20.0 Å². The van der Waals surface area contributed by atoms with Gasteiger partial charge in [0.2, 0.25) is 0 Å². The van der Waals surface area contributed by atoms with E-state index < -0.39 is 0 Å². The molecule has 0 aliphatic heterocycles. The molecule has 100 valence electrons. The van der Waals surface area contributed by atoms with Crippen LogP contribution >= 0.6 is 15.9 Å². The molecule has 2 aromatic carbocycles. The van der Waals surface area contributed by atoms with Crippen molar-refractivity contribution < 1.29 is 9.47 Å². The first-order valence-corrected chi connectivity index (χ1v) is 6.64. The molecule has 2 aromatic rings. The third kappa shape index (κ3) is 2.54. The summed E-state index contributed by atoms with van der Waals surface area (Å²) in [6.07, 6.45) is 0. The molecule has 2 N–H and O–H groups in total. The predicted molar refractivity (Wildman–Crippen MR) is 81.8 cm³/mol. The van der Waals surface area contributed by atoms with Crippen molar-refractivity contribution in [1.29, 1.82) is 0 Å². The molecule has 0 aliphatic carbocycles. The van der Waals surface area contributed by atoms with Crippen LogP contribution in [0.4, 0.5) is 5.69 Å². The Kier molecular flexibility index (Phi) is 4.00. The highest BCUT2D eigenvalue weighted by Crippen LogP contribution is 2.43. The van der Waals surface area contributed by atoms with Crippen LogP contribution in [0.25, 0.3) is 11.1 Å². The molecule has 0 saturated heterocycles. The van der Waals surface area contributed by atoms with E-state index in [1.165, 1.54) is 0 Å². The third-order valence-corrected chi connectivity index (χ3v) is 3.73. The van der Waals surface area contributed by atoms with Gasteiger partial charge in [-0.15, -0.1) is 0 Å². The number of aryl methyl sites for hydroxylation is 1. The number of methoxy groups -OCH3 is 2. The molecule has 2 rings (SSSR count). The summed E-state index contributed by atoms with van der Waals surface area (Å²) in [5.74, 6) is 1.45. The van der Waals surface area contributed by atoms with E-state index in [1.54, 1.807) is 14.2 Å². The summed E-state index contributed by atoms with van der Waals surface area (Å²) in [7, 11) is 3.26. The van der Waals surface area contributed by atoms with Gasteiger partial charge in [-0.25, -0.2) is 0 Å². The number of nitrogens with two attached hydrogens (primary N) is 1. The molecule has 0 heterocycles. The Morgan fingerprint density at radius 3 is 2.26 bits per heavy atom. The number of ether oxygens (including phenoxy) is 2. The molecule has 0 radical (unpaired) electrons. The van der Waals surface area contributed by atoms with E-state index in [0.717, 1.165) is 38.3 Å². The van der Waals surface area contributed by atoms with Crippen LogP contribution in [0, 0.1) is 6.92 Å². The number of nitrogen functional groups attached to an aromatic ring is 1. The monoisotopic (exact) mass is 321 g/mol. The fourth-order valence-electron chi connectivity index (χ4n) is 2.03. The number of hydrogen-bond donors (Lipinski definition) is 1. The highest BCUT2D eigenvalue weighted by Gasteiger charge is 2.15. The highest BCUT2D eigenvalue weighted by atomic mass is 79.9. The Morgan fingerprint density at radius 1 is 1.00 bits per heavy atom. The molecule has 0 saturated carbocycles. The van der Waals surface area contributed by atoms with E-state index in [0.29, 0.717) is 0 Å². The van der Waals surface area contributed by atoms with Gasteiger partial charge in [-0.2, -0.15) is 0 Å². The molecule has 0 unspecified atom stereocenters. The Hall–Kier alpha value is -1.68. The molecule has 0 spiro atoms. The number of halogens is 1. The van der Waals surface area contributed by atoms with E-state index >= 15 is 0 Å². The molecule has 0 amide bonds. The minimum atomic E-state index is 0.718. The average Bonchev–Trinajstić information content (AvgIpc) is 2.38. The standard InChI is InChI=1S/C15H16BrNO2/c1-9-4-5-10(12(17)8-9)11-6-7-13(18-2)14(16)15(11)19-3/h4-8H,17H2,1-3H3. The van der Waals surface area contributed by atoms with Gasteiger partial charge in [0.1, 0.15) is 16.0 Å². The first-order valence-electron chi connectivity index (χ1n) is 5.85. The van der Waals surface area contributed by atoms with Crippen LogP contribution in [0.3, 0.4) is 0 Å². The van der Waals surface area contributed by atoms with Gasteiger partial charge in [0, 0.05) is 16.8 Å². The number of benzene rings is 2. The Balaban J connectivity index is 2.65. The summed E-state index contributed by atoms with van der Waals surface area (Å²) in [4.78, 5) is 0. The van der Waals surface area contributed by atoms with Gasteiger partial charge in [0.05, 0.1) is 14.2 Å². The van der Waals surface area contributed by atoms with E-state index in [2.05, 4.69) is 15.9 Å². The smallest absolute Gasteiger partial charge is 0.144 e. The largest absolute Gasteiger partial charge is 0.495 e. The molecule has 0 aromatic heterocycles. The summed E-state index contributed by atoms with van der Waals surface area (Å²) >= 11 is 3.50. The lowest BCUT2D eigenvalue weighted by atomic mass is 10.0. The van der Waals surface area contributed by atoms with Crippen LogP contribution in [0.1, 0.15) is 5.56 Å². The van der Waals surface area contributed by atoms with Crippen LogP contribution in [-0.2, 0) is 0 Å². The van der Waals surface area contributed by atoms with Crippen LogP contribution in [-0.4, -0.2) is 14.2 Å². The van der Waals surface area contributed by atoms with E-state index in [4.69, 9.17) is 15.2 Å². The molecule has 4 heteroatoms. The van der Waals surface area contributed by atoms with Crippen molar-refractivity contribution in [2.45, 2.75) is 6.92 Å². The summed E-state index contributed by atoms with van der Waals surface area (Å²) in [6.45, 7) is 2.02. The lowest BCUT2D eigenvalue weighted by molar-refractivity contribution is 0.390. The molecule has 0 atom stereocenters. The zero-order valence-electron chi connectivity index (χ0n) is 11.2. The van der Waals surface area contributed by atoms with Gasteiger partial charge < -0.3 is 15.2 Å². The topological polar surface area (TPSA) is 44.5 Å². The Bertz CT molecular complexity index is 611. The zero-order chi connectivity index (χ0) is 14.0. The van der Waals surface area contributed by atoms with Gasteiger partial charge in [0.25, 0.3) is 0 Å². The second-order valence-corrected chi connectivity index (χ2v) is 5.05. The van der Waals surface area contributed by atoms with E-state index in [-0.39, 0.29) is 0 Å². The van der Waals surface area contributed by atoms with Gasteiger partial charge in [-0.05, 0) is 46.6 Å². The molecular weight excluding hydrogens is 306 g/mol. The molecule has 3 nitrogen and oxygen atoms in total. The van der Waals surface area contributed by atoms with Crippen LogP contribution < -0.4 is 15.2 Å². The van der Waals surface area contributed by atoms with Crippen molar-refractivity contribution in [1.82, 2.24) is 0 Å². The van der Waals surface area contributed by atoms with Crippen molar-refractivity contribution in [3.63, 3.8) is 0 Å². The van der Waals surface area contributed by atoms with Gasteiger partial charge in [0.15, 0.2) is 0 Å². The van der Waals surface area contributed by atoms with Crippen LogP contribution in [0.15, 0.2) is 34.8 Å². The quantitative estimate of drug-likeness (QED) is 0.868. The minimum absolute atomic E-state index is 0.718. The highest BCUT2D eigenvalue weighted by molar-refractivity contribution is 9.10. The van der Waals surface area contributed by atoms with Crippen LogP contribution in [0.5, 0.6) is 11.5 Å². The predicted octanol–water partition coefficient (Wildman–Crippen LogP) is 4.02. The average molecular weight is 322 g/mol.